The fourth-order valence-electron chi connectivity index (χ4n) is 3.31. The second-order valence-electron chi connectivity index (χ2n) is 6.74. The molecular weight excluding hydrogens is 362 g/mol. The van der Waals surface area contributed by atoms with Crippen LogP contribution in [0.3, 0.4) is 0 Å². The van der Waals surface area contributed by atoms with E-state index in [1.807, 2.05) is 0 Å². The number of nitrogens with zero attached hydrogens (tertiary/aromatic N) is 1. The lowest BCUT2D eigenvalue weighted by Crippen LogP contribution is -2.34. The average molecular weight is 388 g/mol. The number of nitrogens with one attached hydrogen (secondary N) is 1. The topological polar surface area (TPSA) is 66.5 Å². The number of rotatable bonds is 7. The van der Waals surface area contributed by atoms with E-state index in [-0.39, 0.29) is 12.5 Å². The summed E-state index contributed by atoms with van der Waals surface area (Å²) in [6, 6.07) is 4.82. The molecule has 1 amide bonds. The number of hydrogen-bond acceptors (Lipinski definition) is 4. The molecule has 5 nitrogen and oxygen atoms in total. The molecule has 0 spiro atoms. The van der Waals surface area contributed by atoms with Crippen molar-refractivity contribution in [1.29, 1.82) is 0 Å². The average Bonchev–Trinajstić information content (AvgIpc) is 2.81. The van der Waals surface area contributed by atoms with Gasteiger partial charge in [0.05, 0.1) is 11.4 Å². The predicted octanol–water partition coefficient (Wildman–Crippen LogP) is 3.52. The van der Waals surface area contributed by atoms with Gasteiger partial charge in [0.1, 0.15) is 0 Å². The lowest BCUT2D eigenvalue weighted by Gasteiger charge is -2.19. The minimum atomic E-state index is -4.61. The zero-order valence-corrected chi connectivity index (χ0v) is 15.8. The first-order valence-electron chi connectivity index (χ1n) is 8.97. The Labute approximate surface area is 153 Å². The molecule has 1 aliphatic rings. The number of likely N-dealkylation sites (tertiary alicyclic amines) is 1. The van der Waals surface area contributed by atoms with Gasteiger partial charge < -0.3 is 5.32 Å². The lowest BCUT2D eigenvalue weighted by molar-refractivity contribution is -0.117. The van der Waals surface area contributed by atoms with Crippen molar-refractivity contribution in [1.82, 2.24) is 4.90 Å². The summed E-state index contributed by atoms with van der Waals surface area (Å²) in [5.74, 6) is -2.91. The molecule has 146 valence electrons. The van der Waals surface area contributed by atoms with E-state index in [1.165, 1.54) is 31.4 Å². The summed E-state index contributed by atoms with van der Waals surface area (Å²) in [5, 5.41) is 2.69. The third-order valence-electron chi connectivity index (χ3n) is 4.71. The molecule has 0 bridgehead atoms. The molecule has 1 aromatic rings. The zero-order valence-electron chi connectivity index (χ0n) is 15.0. The Balaban J connectivity index is 1.88. The third kappa shape index (κ3) is 5.74. The van der Waals surface area contributed by atoms with Crippen molar-refractivity contribution in [3.8, 4) is 0 Å². The maximum Gasteiger partial charge on any atom is 0.341 e. The van der Waals surface area contributed by atoms with Crippen LogP contribution in [0.2, 0.25) is 0 Å². The molecule has 1 saturated heterocycles. The number of sulfone groups is 1. The highest BCUT2D eigenvalue weighted by Gasteiger charge is 2.26. The third-order valence-corrected chi connectivity index (χ3v) is 6.10. The second-order valence-corrected chi connectivity index (χ2v) is 8.66. The molecule has 1 heterocycles. The largest absolute Gasteiger partial charge is 0.341 e. The Morgan fingerprint density at radius 3 is 2.54 bits per heavy atom. The summed E-state index contributed by atoms with van der Waals surface area (Å²) in [5.41, 5.74) is 0.391. The van der Waals surface area contributed by atoms with Gasteiger partial charge in [0.25, 0.3) is 0 Å². The van der Waals surface area contributed by atoms with E-state index in [4.69, 9.17) is 0 Å². The maximum atomic E-state index is 12.5. The van der Waals surface area contributed by atoms with E-state index in [9.17, 15) is 22.0 Å². The van der Waals surface area contributed by atoms with Crippen LogP contribution in [0, 0.1) is 5.92 Å². The van der Waals surface area contributed by atoms with Crippen LogP contribution in [0.25, 0.3) is 0 Å². The highest BCUT2D eigenvalue weighted by atomic mass is 32.2. The number of carbonyl (C=O) groups excluding carboxylic acids is 1. The monoisotopic (exact) mass is 388 g/mol. The summed E-state index contributed by atoms with van der Waals surface area (Å²) in [7, 11) is -4.61. The molecule has 0 aromatic heterocycles. The molecule has 0 saturated carbocycles. The minimum Gasteiger partial charge on any atom is -0.325 e. The van der Waals surface area contributed by atoms with Crippen molar-refractivity contribution in [2.45, 2.75) is 49.7 Å². The van der Waals surface area contributed by atoms with Gasteiger partial charge in [-0.1, -0.05) is 19.8 Å². The fraction of sp³-hybridized carbons (Fsp3) is 0.611. The number of benzene rings is 1. The summed E-state index contributed by atoms with van der Waals surface area (Å²) < 4.78 is 47.8. The Kier molecular flexibility index (Phi) is 7.52. The molecule has 1 fully saturated rings. The van der Waals surface area contributed by atoms with Crippen molar-refractivity contribution in [2.24, 2.45) is 5.92 Å². The van der Waals surface area contributed by atoms with Crippen LogP contribution in [-0.4, -0.2) is 44.6 Å². The standard InChI is InChI=1S/C18H26F2N2O3S/c1-2-4-14-5-3-11-22(12-10-14)13-17(23)21-15-6-8-16(9-7-15)26(24,25)18(19)20/h6-9,14,18H,2-5,10-13H2,1H3,(H,21,23). The zero-order chi connectivity index (χ0) is 19.2. The van der Waals surface area contributed by atoms with E-state index in [2.05, 4.69) is 17.1 Å². The van der Waals surface area contributed by atoms with Gasteiger partial charge in [-0.15, -0.1) is 0 Å². The van der Waals surface area contributed by atoms with Gasteiger partial charge >= 0.3 is 5.76 Å². The Hall–Kier alpha value is -1.54. The van der Waals surface area contributed by atoms with Gasteiger partial charge in [-0.25, -0.2) is 8.42 Å². The van der Waals surface area contributed by atoms with Crippen LogP contribution in [0.15, 0.2) is 29.2 Å². The fourth-order valence-corrected chi connectivity index (χ4v) is 4.04. The van der Waals surface area contributed by atoms with Gasteiger partial charge in [-0.3, -0.25) is 9.69 Å². The highest BCUT2D eigenvalue weighted by Crippen LogP contribution is 2.22. The molecule has 1 N–H and O–H groups in total. The van der Waals surface area contributed by atoms with Crippen molar-refractivity contribution < 1.29 is 22.0 Å². The van der Waals surface area contributed by atoms with Crippen LogP contribution in [0.4, 0.5) is 14.5 Å². The normalized spacial score (nSPS) is 19.3. The number of anilines is 1. The summed E-state index contributed by atoms with van der Waals surface area (Å²) in [6.07, 6.45) is 5.79. The number of amides is 1. The van der Waals surface area contributed by atoms with Crippen LogP contribution in [-0.2, 0) is 14.6 Å². The molecule has 1 aromatic carbocycles. The molecule has 2 rings (SSSR count). The van der Waals surface area contributed by atoms with Gasteiger partial charge in [-0.2, -0.15) is 8.78 Å². The first-order chi connectivity index (χ1) is 12.3. The summed E-state index contributed by atoms with van der Waals surface area (Å²) in [6.45, 7) is 4.24. The van der Waals surface area contributed by atoms with E-state index < -0.39 is 20.5 Å². The van der Waals surface area contributed by atoms with Crippen molar-refractivity contribution in [2.75, 3.05) is 25.0 Å². The van der Waals surface area contributed by atoms with Gasteiger partial charge in [0, 0.05) is 5.69 Å². The molecule has 8 heteroatoms. The maximum absolute atomic E-state index is 12.5. The van der Waals surface area contributed by atoms with Crippen LogP contribution in [0.1, 0.15) is 39.0 Å². The Morgan fingerprint density at radius 1 is 1.23 bits per heavy atom. The quantitative estimate of drug-likeness (QED) is 0.776. The van der Waals surface area contributed by atoms with E-state index in [0.29, 0.717) is 5.69 Å². The molecule has 1 atom stereocenters. The van der Waals surface area contributed by atoms with E-state index in [0.717, 1.165) is 44.0 Å². The van der Waals surface area contributed by atoms with Crippen molar-refractivity contribution >= 4 is 21.4 Å². The number of alkyl halides is 2. The van der Waals surface area contributed by atoms with Gasteiger partial charge in [0.2, 0.25) is 15.7 Å². The minimum absolute atomic E-state index is 0.191. The Morgan fingerprint density at radius 2 is 1.92 bits per heavy atom. The molecule has 0 aliphatic carbocycles. The SMILES string of the molecule is CCCC1CCCN(CC(=O)Nc2ccc(S(=O)(=O)C(F)F)cc2)CC1. The van der Waals surface area contributed by atoms with E-state index in [1.54, 1.807) is 0 Å². The molecule has 0 radical (unpaired) electrons. The lowest BCUT2D eigenvalue weighted by atomic mass is 9.96. The van der Waals surface area contributed by atoms with Crippen molar-refractivity contribution in [3.63, 3.8) is 0 Å². The smallest absolute Gasteiger partial charge is 0.325 e. The molecule has 1 unspecified atom stereocenters. The summed E-state index contributed by atoms with van der Waals surface area (Å²) >= 11 is 0. The predicted molar refractivity (Wildman–Crippen MR) is 97.0 cm³/mol. The second kappa shape index (κ2) is 9.41. The Bertz CT molecular complexity index is 693. The number of carbonyl (C=O) groups is 1. The highest BCUT2D eigenvalue weighted by molar-refractivity contribution is 7.91. The first kappa shape index (κ1) is 20.8. The van der Waals surface area contributed by atoms with Crippen LogP contribution < -0.4 is 5.32 Å². The van der Waals surface area contributed by atoms with E-state index >= 15 is 0 Å². The van der Waals surface area contributed by atoms with Crippen molar-refractivity contribution in [3.05, 3.63) is 24.3 Å². The molecule has 1 aliphatic heterocycles. The number of halogens is 2. The van der Waals surface area contributed by atoms with Crippen LogP contribution in [0.5, 0.6) is 0 Å². The first-order valence-corrected chi connectivity index (χ1v) is 10.5. The van der Waals surface area contributed by atoms with Gasteiger partial charge in [0.15, 0.2) is 0 Å². The molecular formula is C18H26F2N2O3S. The van der Waals surface area contributed by atoms with Gasteiger partial charge in [-0.05, 0) is 62.5 Å². The van der Waals surface area contributed by atoms with Crippen LogP contribution >= 0.6 is 0 Å². The summed E-state index contributed by atoms with van der Waals surface area (Å²) in [4.78, 5) is 13.9. The molecule has 26 heavy (non-hydrogen) atoms. The number of hydrogen-bond donors (Lipinski definition) is 1.